The molecule has 0 unspecified atom stereocenters. The maximum atomic E-state index is 10.9. The second kappa shape index (κ2) is 5.02. The standard InChI is InChI=1S/C11H10N4O2/c16-11(17)9-6-13-7-15-10(9)14-5-8-2-1-3-12-4-8/h1-4,6-7H,5H2,(H,16,17)(H,13,14,15). The largest absolute Gasteiger partial charge is 0.477 e. The summed E-state index contributed by atoms with van der Waals surface area (Å²) in [5, 5.41) is 11.9. The van der Waals surface area contributed by atoms with Crippen molar-refractivity contribution in [2.24, 2.45) is 0 Å². The molecule has 0 bridgehead atoms. The van der Waals surface area contributed by atoms with E-state index < -0.39 is 5.97 Å². The quantitative estimate of drug-likeness (QED) is 0.820. The molecular weight excluding hydrogens is 220 g/mol. The summed E-state index contributed by atoms with van der Waals surface area (Å²) in [5.74, 6) is -0.754. The predicted octanol–water partition coefficient (Wildman–Crippen LogP) is 1.18. The minimum Gasteiger partial charge on any atom is -0.477 e. The van der Waals surface area contributed by atoms with Crippen LogP contribution >= 0.6 is 0 Å². The predicted molar refractivity (Wildman–Crippen MR) is 60.6 cm³/mol. The number of aromatic nitrogens is 3. The first-order chi connectivity index (χ1) is 8.27. The summed E-state index contributed by atoms with van der Waals surface area (Å²) < 4.78 is 0. The van der Waals surface area contributed by atoms with Crippen molar-refractivity contribution in [3.8, 4) is 0 Å². The van der Waals surface area contributed by atoms with E-state index >= 15 is 0 Å². The molecule has 2 heterocycles. The van der Waals surface area contributed by atoms with Crippen molar-refractivity contribution in [1.82, 2.24) is 15.0 Å². The molecule has 2 aromatic rings. The van der Waals surface area contributed by atoms with Gasteiger partial charge in [0.25, 0.3) is 0 Å². The molecule has 6 nitrogen and oxygen atoms in total. The Hall–Kier alpha value is -2.50. The van der Waals surface area contributed by atoms with Gasteiger partial charge in [0.15, 0.2) is 0 Å². The van der Waals surface area contributed by atoms with Gasteiger partial charge in [-0.1, -0.05) is 6.07 Å². The van der Waals surface area contributed by atoms with Gasteiger partial charge in [0.1, 0.15) is 17.7 Å². The van der Waals surface area contributed by atoms with Crippen LogP contribution in [-0.2, 0) is 6.54 Å². The first-order valence-corrected chi connectivity index (χ1v) is 4.93. The fourth-order valence-corrected chi connectivity index (χ4v) is 1.32. The van der Waals surface area contributed by atoms with Crippen LogP contribution < -0.4 is 5.32 Å². The van der Waals surface area contributed by atoms with Crippen LogP contribution in [0.1, 0.15) is 15.9 Å². The Bertz CT molecular complexity index is 516. The van der Waals surface area contributed by atoms with E-state index in [2.05, 4.69) is 20.3 Å². The lowest BCUT2D eigenvalue weighted by Crippen LogP contribution is -2.08. The molecule has 2 N–H and O–H groups in total. The van der Waals surface area contributed by atoms with Crippen LogP contribution in [0.5, 0.6) is 0 Å². The molecule has 0 aromatic carbocycles. The number of aromatic carboxylic acids is 1. The maximum Gasteiger partial charge on any atom is 0.341 e. The summed E-state index contributed by atoms with van der Waals surface area (Å²) in [6.07, 6.45) is 5.95. The van der Waals surface area contributed by atoms with E-state index in [0.717, 1.165) is 5.56 Å². The molecule has 0 atom stereocenters. The second-order valence-electron chi connectivity index (χ2n) is 3.31. The van der Waals surface area contributed by atoms with Crippen LogP contribution in [0, 0.1) is 0 Å². The van der Waals surface area contributed by atoms with Crippen LogP contribution in [-0.4, -0.2) is 26.0 Å². The van der Waals surface area contributed by atoms with Gasteiger partial charge in [-0.25, -0.2) is 14.8 Å². The molecule has 0 spiro atoms. The highest BCUT2D eigenvalue weighted by atomic mass is 16.4. The maximum absolute atomic E-state index is 10.9. The van der Waals surface area contributed by atoms with E-state index in [4.69, 9.17) is 5.11 Å². The summed E-state index contributed by atoms with van der Waals surface area (Å²) in [7, 11) is 0. The van der Waals surface area contributed by atoms with Gasteiger partial charge in [-0.05, 0) is 11.6 Å². The number of hydrogen-bond acceptors (Lipinski definition) is 5. The Kier molecular flexibility index (Phi) is 3.25. The first-order valence-electron chi connectivity index (χ1n) is 4.93. The van der Waals surface area contributed by atoms with Crippen molar-refractivity contribution in [1.29, 1.82) is 0 Å². The lowest BCUT2D eigenvalue weighted by Gasteiger charge is -2.07. The average molecular weight is 230 g/mol. The summed E-state index contributed by atoms with van der Waals surface area (Å²) in [4.78, 5) is 22.4. The van der Waals surface area contributed by atoms with Crippen LogP contribution in [0.4, 0.5) is 5.82 Å². The monoisotopic (exact) mass is 230 g/mol. The lowest BCUT2D eigenvalue weighted by atomic mass is 10.2. The van der Waals surface area contributed by atoms with Gasteiger partial charge in [0.05, 0.1) is 0 Å². The SMILES string of the molecule is O=C(O)c1cncnc1NCc1cccnc1. The Labute approximate surface area is 97.4 Å². The minimum atomic E-state index is -1.06. The molecule has 86 valence electrons. The van der Waals surface area contributed by atoms with Crippen LogP contribution in [0.3, 0.4) is 0 Å². The third-order valence-electron chi connectivity index (χ3n) is 2.13. The number of pyridine rings is 1. The van der Waals surface area contributed by atoms with Crippen LogP contribution in [0.2, 0.25) is 0 Å². The lowest BCUT2D eigenvalue weighted by molar-refractivity contribution is 0.0697. The van der Waals surface area contributed by atoms with E-state index in [1.165, 1.54) is 12.5 Å². The van der Waals surface area contributed by atoms with Crippen LogP contribution in [0.15, 0.2) is 37.1 Å². The molecule has 0 fully saturated rings. The molecule has 6 heteroatoms. The Morgan fingerprint density at radius 3 is 2.94 bits per heavy atom. The van der Waals surface area contributed by atoms with Gasteiger partial charge in [-0.3, -0.25) is 4.98 Å². The molecule has 2 aromatic heterocycles. The zero-order valence-electron chi connectivity index (χ0n) is 8.87. The normalized spacial score (nSPS) is 9.88. The molecule has 0 amide bonds. The summed E-state index contributed by atoms with van der Waals surface area (Å²) in [5.41, 5.74) is 0.999. The van der Waals surface area contributed by atoms with Gasteiger partial charge in [-0.15, -0.1) is 0 Å². The minimum absolute atomic E-state index is 0.0522. The first kappa shape index (κ1) is 11.0. The summed E-state index contributed by atoms with van der Waals surface area (Å²) >= 11 is 0. The fraction of sp³-hybridized carbons (Fsp3) is 0.0909. The molecule has 2 rings (SSSR count). The zero-order valence-corrected chi connectivity index (χ0v) is 8.87. The molecule has 0 aliphatic carbocycles. The van der Waals surface area contributed by atoms with E-state index in [9.17, 15) is 4.79 Å². The zero-order chi connectivity index (χ0) is 12.1. The van der Waals surface area contributed by atoms with Gasteiger partial charge in [-0.2, -0.15) is 0 Å². The summed E-state index contributed by atoms with van der Waals surface area (Å²) in [6, 6.07) is 3.71. The van der Waals surface area contributed by atoms with Gasteiger partial charge < -0.3 is 10.4 Å². The molecule has 0 saturated carbocycles. The van der Waals surface area contributed by atoms with E-state index in [-0.39, 0.29) is 5.56 Å². The van der Waals surface area contributed by atoms with Crippen molar-refractivity contribution in [2.45, 2.75) is 6.54 Å². The third-order valence-corrected chi connectivity index (χ3v) is 2.13. The van der Waals surface area contributed by atoms with Gasteiger partial charge >= 0.3 is 5.97 Å². The number of nitrogens with zero attached hydrogens (tertiary/aromatic N) is 3. The van der Waals surface area contributed by atoms with Crippen molar-refractivity contribution < 1.29 is 9.90 Å². The molecule has 0 aliphatic heterocycles. The Morgan fingerprint density at radius 1 is 1.35 bits per heavy atom. The van der Waals surface area contributed by atoms with Crippen molar-refractivity contribution in [2.75, 3.05) is 5.32 Å². The van der Waals surface area contributed by atoms with Crippen molar-refractivity contribution in [3.05, 3.63) is 48.2 Å². The van der Waals surface area contributed by atoms with E-state index in [0.29, 0.717) is 12.4 Å². The van der Waals surface area contributed by atoms with Gasteiger partial charge in [0, 0.05) is 25.1 Å². The van der Waals surface area contributed by atoms with Crippen molar-refractivity contribution in [3.63, 3.8) is 0 Å². The van der Waals surface area contributed by atoms with Crippen LogP contribution in [0.25, 0.3) is 0 Å². The highest BCUT2D eigenvalue weighted by Gasteiger charge is 2.10. The number of carboxylic acid groups (broad SMARTS) is 1. The molecule has 0 saturated heterocycles. The molecule has 17 heavy (non-hydrogen) atoms. The average Bonchev–Trinajstić information content (AvgIpc) is 2.38. The number of anilines is 1. The fourth-order valence-electron chi connectivity index (χ4n) is 1.32. The number of hydrogen-bond donors (Lipinski definition) is 2. The smallest absolute Gasteiger partial charge is 0.341 e. The highest BCUT2D eigenvalue weighted by molar-refractivity contribution is 5.92. The Balaban J connectivity index is 2.12. The number of nitrogens with one attached hydrogen (secondary N) is 1. The number of rotatable bonds is 4. The Morgan fingerprint density at radius 2 is 2.24 bits per heavy atom. The van der Waals surface area contributed by atoms with Gasteiger partial charge in [0.2, 0.25) is 0 Å². The highest BCUT2D eigenvalue weighted by Crippen LogP contribution is 2.11. The molecule has 0 radical (unpaired) electrons. The molecular formula is C11H10N4O2. The second-order valence-corrected chi connectivity index (χ2v) is 3.31. The number of carboxylic acids is 1. The third kappa shape index (κ3) is 2.75. The topological polar surface area (TPSA) is 88.0 Å². The van der Waals surface area contributed by atoms with E-state index in [1.807, 2.05) is 12.1 Å². The summed E-state index contributed by atoms with van der Waals surface area (Å²) in [6.45, 7) is 0.463. The van der Waals surface area contributed by atoms with Crippen molar-refractivity contribution >= 4 is 11.8 Å². The number of carbonyl (C=O) groups is 1. The molecule has 0 aliphatic rings. The van der Waals surface area contributed by atoms with E-state index in [1.54, 1.807) is 12.4 Å².